The van der Waals surface area contributed by atoms with Gasteiger partial charge >= 0.3 is 0 Å². The van der Waals surface area contributed by atoms with Crippen LogP contribution in [0, 0.1) is 11.3 Å². The van der Waals surface area contributed by atoms with E-state index in [0.29, 0.717) is 12.5 Å². The van der Waals surface area contributed by atoms with Crippen molar-refractivity contribution in [3.8, 4) is 0 Å². The monoisotopic (exact) mass is 628 g/mol. The van der Waals surface area contributed by atoms with Crippen LogP contribution in [0.3, 0.4) is 0 Å². The molecular weight excluding hydrogens is 581 g/mol. The fourth-order valence-electron chi connectivity index (χ4n) is 9.02. The van der Waals surface area contributed by atoms with E-state index >= 15 is 0 Å². The molecule has 4 atom stereocenters. The lowest BCUT2D eigenvalue weighted by Crippen LogP contribution is -2.67. The number of H-pyrrole nitrogens is 1. The van der Waals surface area contributed by atoms with Crippen molar-refractivity contribution in [3.05, 3.63) is 132 Å². The summed E-state index contributed by atoms with van der Waals surface area (Å²) in [4.78, 5) is 6.56. The van der Waals surface area contributed by atoms with Gasteiger partial charge in [-0.1, -0.05) is 137 Å². The fraction of sp³-hybridized carbons (Fsp3) is 0.366. The van der Waals surface area contributed by atoms with E-state index in [0.717, 1.165) is 25.9 Å². The molecule has 5 heteroatoms. The summed E-state index contributed by atoms with van der Waals surface area (Å²) in [5, 5.41) is 15.1. The number of para-hydroxylation sites is 1. The molecule has 46 heavy (non-hydrogen) atoms. The zero-order chi connectivity index (χ0) is 31.9. The highest BCUT2D eigenvalue weighted by atomic mass is 28.4. The Balaban J connectivity index is 1.38. The van der Waals surface area contributed by atoms with Crippen molar-refractivity contribution in [2.24, 2.45) is 11.3 Å². The molecule has 238 valence electrons. The number of aromatic amines is 1. The largest absolute Gasteiger partial charge is 0.407 e. The van der Waals surface area contributed by atoms with Gasteiger partial charge in [0.2, 0.25) is 0 Å². The first kappa shape index (κ1) is 31.1. The van der Waals surface area contributed by atoms with Crippen LogP contribution in [0.15, 0.2) is 115 Å². The summed E-state index contributed by atoms with van der Waals surface area (Å²) in [5.41, 5.74) is 5.03. The van der Waals surface area contributed by atoms with Crippen LogP contribution in [-0.2, 0) is 11.0 Å². The predicted octanol–water partition coefficient (Wildman–Crippen LogP) is 7.79. The summed E-state index contributed by atoms with van der Waals surface area (Å²) in [7, 11) is -2.76. The van der Waals surface area contributed by atoms with E-state index in [1.165, 1.54) is 38.1 Å². The summed E-state index contributed by atoms with van der Waals surface area (Å²) >= 11 is 0. The Morgan fingerprint density at radius 2 is 1.43 bits per heavy atom. The first-order valence-electron chi connectivity index (χ1n) is 17.1. The van der Waals surface area contributed by atoms with Crippen molar-refractivity contribution in [2.75, 3.05) is 19.8 Å². The molecule has 5 aromatic rings. The van der Waals surface area contributed by atoms with Crippen molar-refractivity contribution >= 4 is 29.6 Å². The second kappa shape index (κ2) is 12.3. The van der Waals surface area contributed by atoms with Crippen molar-refractivity contribution in [1.29, 1.82) is 0 Å². The number of aliphatic hydroxyl groups is 1. The summed E-state index contributed by atoms with van der Waals surface area (Å²) in [6.07, 6.45) is 1.94. The van der Waals surface area contributed by atoms with Crippen LogP contribution < -0.4 is 10.4 Å². The summed E-state index contributed by atoms with van der Waals surface area (Å²) < 4.78 is 7.71. The standard InChI is InChI=1S/C41H48N2O2Si/c1-5-41(29-44)28-43(26-30-17-9-6-10-18-30)37-25-35(41)34(38-33-23-15-16-24-36(33)42-39(37)38)27-45-46(40(2,3)4,31-19-11-7-12-20-31)32-21-13-8-14-22-32/h6-24,34-35,37,42,44H,5,25-29H2,1-4H3/t34-,35?,37+,41+/m1/s1. The van der Waals surface area contributed by atoms with Crippen molar-refractivity contribution in [1.82, 2.24) is 9.88 Å². The van der Waals surface area contributed by atoms with Crippen LogP contribution >= 0.6 is 0 Å². The van der Waals surface area contributed by atoms with Crippen molar-refractivity contribution in [3.63, 3.8) is 0 Å². The number of fused-ring (bicyclic) bond motifs is 6. The van der Waals surface area contributed by atoms with E-state index in [2.05, 4.69) is 153 Å². The van der Waals surface area contributed by atoms with Crippen molar-refractivity contribution < 1.29 is 9.53 Å². The highest BCUT2D eigenvalue weighted by Gasteiger charge is 2.56. The van der Waals surface area contributed by atoms with Gasteiger partial charge in [0, 0.05) is 47.6 Å². The van der Waals surface area contributed by atoms with Crippen LogP contribution in [0.5, 0.6) is 0 Å². The van der Waals surface area contributed by atoms with E-state index in [-0.39, 0.29) is 29.0 Å². The maximum Gasteiger partial charge on any atom is 0.261 e. The molecule has 1 aliphatic heterocycles. The van der Waals surface area contributed by atoms with E-state index < -0.39 is 8.32 Å². The molecule has 0 radical (unpaired) electrons. The van der Waals surface area contributed by atoms with E-state index in [1.54, 1.807) is 0 Å². The van der Waals surface area contributed by atoms with Gasteiger partial charge < -0.3 is 14.5 Å². The lowest BCUT2D eigenvalue weighted by molar-refractivity contribution is -0.0772. The molecule has 1 aromatic heterocycles. The second-order valence-corrected chi connectivity index (χ2v) is 19.0. The summed E-state index contributed by atoms with van der Waals surface area (Å²) in [5.74, 6) is 0.458. The molecule has 2 N–H and O–H groups in total. The fourth-order valence-corrected chi connectivity index (χ4v) is 13.6. The summed E-state index contributed by atoms with van der Waals surface area (Å²) in [6, 6.07) is 41.9. The predicted molar refractivity (Wildman–Crippen MR) is 192 cm³/mol. The number of rotatable bonds is 9. The lowest BCUT2D eigenvalue weighted by atomic mass is 9.58. The Bertz CT molecular complexity index is 1720. The Kier molecular flexibility index (Phi) is 8.31. The molecule has 1 aliphatic carbocycles. The van der Waals surface area contributed by atoms with Crippen LogP contribution in [-0.4, -0.2) is 43.1 Å². The number of aromatic nitrogens is 1. The molecule has 1 saturated heterocycles. The molecule has 2 heterocycles. The molecule has 0 spiro atoms. The van der Waals surface area contributed by atoms with Gasteiger partial charge in [0.25, 0.3) is 8.32 Å². The number of nitrogens with zero attached hydrogens (tertiary/aromatic N) is 1. The third-order valence-corrected chi connectivity index (χ3v) is 16.3. The number of likely N-dealkylation sites (tertiary alicyclic amines) is 1. The van der Waals surface area contributed by atoms with Gasteiger partial charge in [-0.25, -0.2) is 0 Å². The molecule has 2 aliphatic rings. The number of piperidine rings is 1. The smallest absolute Gasteiger partial charge is 0.261 e. The molecule has 1 fully saturated rings. The minimum Gasteiger partial charge on any atom is -0.407 e. The molecule has 2 bridgehead atoms. The minimum atomic E-state index is -2.76. The zero-order valence-corrected chi connectivity index (χ0v) is 28.7. The molecule has 0 saturated carbocycles. The lowest BCUT2D eigenvalue weighted by Gasteiger charge is -2.57. The summed E-state index contributed by atoms with van der Waals surface area (Å²) in [6.45, 7) is 11.9. The molecule has 0 amide bonds. The maximum atomic E-state index is 11.3. The van der Waals surface area contributed by atoms with Crippen LogP contribution in [0.25, 0.3) is 10.9 Å². The third kappa shape index (κ3) is 5.09. The number of hydrogen-bond donors (Lipinski definition) is 2. The van der Waals surface area contributed by atoms with Crippen molar-refractivity contribution in [2.45, 2.75) is 64.1 Å². The van der Waals surface area contributed by atoms with Gasteiger partial charge in [0.15, 0.2) is 0 Å². The number of nitrogens with one attached hydrogen (secondary N) is 1. The Hall–Kier alpha value is -3.48. The van der Waals surface area contributed by atoms with E-state index in [4.69, 9.17) is 4.43 Å². The Labute approximate surface area is 275 Å². The highest BCUT2D eigenvalue weighted by Crippen LogP contribution is 2.58. The number of benzene rings is 4. The van der Waals surface area contributed by atoms with Crippen LogP contribution in [0.1, 0.15) is 69.3 Å². The van der Waals surface area contributed by atoms with Gasteiger partial charge in [-0.05, 0) is 51.4 Å². The molecule has 4 nitrogen and oxygen atoms in total. The molecular formula is C41H48N2O2Si. The van der Waals surface area contributed by atoms with Gasteiger partial charge in [-0.2, -0.15) is 0 Å². The maximum absolute atomic E-state index is 11.3. The zero-order valence-electron chi connectivity index (χ0n) is 27.7. The Morgan fingerprint density at radius 3 is 2.02 bits per heavy atom. The quantitative estimate of drug-likeness (QED) is 0.164. The van der Waals surface area contributed by atoms with Gasteiger partial charge in [0.05, 0.1) is 12.6 Å². The number of aliphatic hydroxyl groups excluding tert-OH is 1. The molecule has 7 rings (SSSR count). The Morgan fingerprint density at radius 1 is 0.848 bits per heavy atom. The first-order chi connectivity index (χ1) is 22.3. The van der Waals surface area contributed by atoms with Crippen LogP contribution in [0.4, 0.5) is 0 Å². The van der Waals surface area contributed by atoms with Gasteiger partial charge in [-0.15, -0.1) is 0 Å². The number of hydrogen-bond acceptors (Lipinski definition) is 3. The highest BCUT2D eigenvalue weighted by molar-refractivity contribution is 6.99. The van der Waals surface area contributed by atoms with E-state index in [9.17, 15) is 5.11 Å². The van der Waals surface area contributed by atoms with Crippen LogP contribution in [0.2, 0.25) is 5.04 Å². The minimum absolute atomic E-state index is 0.103. The average molecular weight is 629 g/mol. The molecule has 4 aromatic carbocycles. The first-order valence-corrected chi connectivity index (χ1v) is 19.0. The SMILES string of the molecule is CC[C@@]1(CO)CN(Cc2ccccc2)[C@H]2CC1[C@@H](CO[Si](c1ccccc1)(c1ccccc1)C(C)(C)C)c1c2[nH]c2ccccc12. The van der Waals surface area contributed by atoms with Gasteiger partial charge in [0.1, 0.15) is 0 Å². The van der Waals surface area contributed by atoms with Gasteiger partial charge in [-0.3, -0.25) is 4.90 Å². The topological polar surface area (TPSA) is 48.5 Å². The average Bonchev–Trinajstić information content (AvgIpc) is 3.48. The normalized spacial score (nSPS) is 23.4. The van der Waals surface area contributed by atoms with E-state index in [1.807, 2.05) is 0 Å². The molecule has 1 unspecified atom stereocenters. The third-order valence-electron chi connectivity index (χ3n) is 11.3. The second-order valence-electron chi connectivity index (χ2n) is 14.7.